The van der Waals surface area contributed by atoms with Crippen molar-refractivity contribution in [1.82, 2.24) is 20.4 Å². The Morgan fingerprint density at radius 2 is 2.23 bits per heavy atom. The molecule has 1 N–H and O–H groups in total. The second kappa shape index (κ2) is 6.05. The fourth-order valence-corrected chi connectivity index (χ4v) is 3.57. The van der Waals surface area contributed by atoms with Crippen molar-refractivity contribution in [1.29, 1.82) is 0 Å². The molecule has 26 heavy (non-hydrogen) atoms. The Kier molecular flexibility index (Phi) is 3.82. The standard InChI is InChI=1S/C18H18FN5O2/c1-11(25)22-18(17-21-12(2)26-23-17)6-8-24(10-18)16-5-7-20-15-9-13(19)3-4-14(15)16/h3-5,7,9H,6,8,10H2,1-2H3,(H,22,25)/t18-/m1/s1. The first-order valence-electron chi connectivity index (χ1n) is 8.36. The van der Waals surface area contributed by atoms with Crippen LogP contribution in [0.1, 0.15) is 25.1 Å². The van der Waals surface area contributed by atoms with Crippen LogP contribution in [0.2, 0.25) is 0 Å². The van der Waals surface area contributed by atoms with Crippen LogP contribution in [-0.2, 0) is 10.3 Å². The van der Waals surface area contributed by atoms with E-state index in [-0.39, 0.29) is 11.7 Å². The minimum Gasteiger partial charge on any atom is -0.368 e. The smallest absolute Gasteiger partial charge is 0.223 e. The zero-order valence-corrected chi connectivity index (χ0v) is 14.5. The molecular formula is C18H18FN5O2. The number of anilines is 1. The van der Waals surface area contributed by atoms with Gasteiger partial charge >= 0.3 is 0 Å². The minimum atomic E-state index is -0.723. The Bertz CT molecular complexity index is 989. The van der Waals surface area contributed by atoms with Crippen LogP contribution < -0.4 is 10.2 Å². The molecule has 8 heteroatoms. The third-order valence-electron chi connectivity index (χ3n) is 4.66. The van der Waals surface area contributed by atoms with Crippen LogP contribution in [0.4, 0.5) is 10.1 Å². The van der Waals surface area contributed by atoms with Crippen molar-refractivity contribution < 1.29 is 13.7 Å². The normalized spacial score (nSPS) is 19.9. The van der Waals surface area contributed by atoms with E-state index in [2.05, 4.69) is 25.3 Å². The molecule has 1 fully saturated rings. The van der Waals surface area contributed by atoms with Crippen LogP contribution in [0.15, 0.2) is 35.0 Å². The molecule has 2 aromatic heterocycles. The summed E-state index contributed by atoms with van der Waals surface area (Å²) in [6, 6.07) is 6.46. The highest BCUT2D eigenvalue weighted by Crippen LogP contribution is 2.36. The number of halogens is 1. The van der Waals surface area contributed by atoms with Crippen molar-refractivity contribution >= 4 is 22.5 Å². The molecule has 0 unspecified atom stereocenters. The van der Waals surface area contributed by atoms with Gasteiger partial charge in [-0.05, 0) is 24.6 Å². The Hall–Kier alpha value is -3.03. The number of carbonyl (C=O) groups excluding carboxylic acids is 1. The summed E-state index contributed by atoms with van der Waals surface area (Å²) >= 11 is 0. The van der Waals surface area contributed by atoms with Crippen LogP contribution in [0.25, 0.3) is 10.9 Å². The van der Waals surface area contributed by atoms with Crippen LogP contribution >= 0.6 is 0 Å². The van der Waals surface area contributed by atoms with Crippen molar-refractivity contribution in [2.24, 2.45) is 0 Å². The van der Waals surface area contributed by atoms with E-state index in [1.54, 1.807) is 19.2 Å². The third kappa shape index (κ3) is 2.77. The number of benzene rings is 1. The highest BCUT2D eigenvalue weighted by molar-refractivity contribution is 5.91. The van der Waals surface area contributed by atoms with Crippen molar-refractivity contribution in [3.63, 3.8) is 0 Å². The fraction of sp³-hybridized carbons (Fsp3) is 0.333. The molecule has 0 saturated carbocycles. The molecule has 0 radical (unpaired) electrons. The third-order valence-corrected chi connectivity index (χ3v) is 4.66. The lowest BCUT2D eigenvalue weighted by atomic mass is 9.97. The van der Waals surface area contributed by atoms with E-state index < -0.39 is 5.54 Å². The molecule has 134 valence electrons. The number of fused-ring (bicyclic) bond motifs is 1. The number of aromatic nitrogens is 3. The lowest BCUT2D eigenvalue weighted by molar-refractivity contribution is -0.120. The topological polar surface area (TPSA) is 84.2 Å². The van der Waals surface area contributed by atoms with E-state index in [0.717, 1.165) is 11.1 Å². The van der Waals surface area contributed by atoms with E-state index in [1.807, 2.05) is 6.07 Å². The number of hydrogen-bond donors (Lipinski definition) is 1. The SMILES string of the molecule is CC(=O)N[C@]1(c2noc(C)n2)CCN(c2ccnc3cc(F)ccc23)C1. The first-order chi connectivity index (χ1) is 12.5. The van der Waals surface area contributed by atoms with Gasteiger partial charge in [0.25, 0.3) is 0 Å². The summed E-state index contributed by atoms with van der Waals surface area (Å²) < 4.78 is 18.6. The summed E-state index contributed by atoms with van der Waals surface area (Å²) in [6.45, 7) is 4.37. The molecule has 7 nitrogen and oxygen atoms in total. The van der Waals surface area contributed by atoms with Gasteiger partial charge in [-0.2, -0.15) is 4.98 Å². The van der Waals surface area contributed by atoms with Crippen LogP contribution in [-0.4, -0.2) is 34.1 Å². The summed E-state index contributed by atoms with van der Waals surface area (Å²) in [4.78, 5) is 22.5. The molecular weight excluding hydrogens is 337 g/mol. The molecule has 3 aromatic rings. The number of carbonyl (C=O) groups is 1. The largest absolute Gasteiger partial charge is 0.368 e. The summed E-state index contributed by atoms with van der Waals surface area (Å²) in [7, 11) is 0. The van der Waals surface area contributed by atoms with Gasteiger partial charge in [-0.3, -0.25) is 9.78 Å². The quantitative estimate of drug-likeness (QED) is 0.776. The molecule has 0 bridgehead atoms. The van der Waals surface area contributed by atoms with Gasteiger partial charge in [-0.25, -0.2) is 4.39 Å². The molecule has 1 amide bonds. The highest BCUT2D eigenvalue weighted by Gasteiger charge is 2.44. The van der Waals surface area contributed by atoms with E-state index in [4.69, 9.17) is 4.52 Å². The Morgan fingerprint density at radius 1 is 1.38 bits per heavy atom. The highest BCUT2D eigenvalue weighted by atomic mass is 19.1. The lowest BCUT2D eigenvalue weighted by Gasteiger charge is -2.27. The summed E-state index contributed by atoms with van der Waals surface area (Å²) in [5, 5.41) is 7.89. The van der Waals surface area contributed by atoms with Crippen molar-refractivity contribution in [3.05, 3.63) is 48.0 Å². The zero-order valence-electron chi connectivity index (χ0n) is 14.5. The second-order valence-corrected chi connectivity index (χ2v) is 6.56. The van der Waals surface area contributed by atoms with Gasteiger partial charge in [-0.1, -0.05) is 5.16 Å². The van der Waals surface area contributed by atoms with E-state index in [0.29, 0.717) is 36.7 Å². The molecule has 1 aromatic carbocycles. The Labute approximate surface area is 149 Å². The van der Waals surface area contributed by atoms with E-state index in [1.165, 1.54) is 19.1 Å². The summed E-state index contributed by atoms with van der Waals surface area (Å²) in [6.07, 6.45) is 2.30. The van der Waals surface area contributed by atoms with Crippen LogP contribution in [0.5, 0.6) is 0 Å². The van der Waals surface area contributed by atoms with Gasteiger partial charge < -0.3 is 14.7 Å². The molecule has 3 heterocycles. The molecule has 1 saturated heterocycles. The first kappa shape index (κ1) is 16.4. The average molecular weight is 355 g/mol. The number of pyridine rings is 1. The first-order valence-corrected chi connectivity index (χ1v) is 8.36. The maximum Gasteiger partial charge on any atom is 0.223 e. The van der Waals surface area contributed by atoms with Gasteiger partial charge in [0.05, 0.1) is 5.52 Å². The van der Waals surface area contributed by atoms with Gasteiger partial charge in [0.15, 0.2) is 5.82 Å². The van der Waals surface area contributed by atoms with Crippen molar-refractivity contribution in [2.45, 2.75) is 25.8 Å². The number of aryl methyl sites for hydroxylation is 1. The fourth-order valence-electron chi connectivity index (χ4n) is 3.57. The van der Waals surface area contributed by atoms with Crippen molar-refractivity contribution in [3.8, 4) is 0 Å². The number of amides is 1. The molecule has 0 spiro atoms. The number of rotatable bonds is 3. The van der Waals surface area contributed by atoms with Gasteiger partial charge in [0.2, 0.25) is 11.8 Å². The van der Waals surface area contributed by atoms with Crippen LogP contribution in [0, 0.1) is 12.7 Å². The Morgan fingerprint density at radius 3 is 2.96 bits per heavy atom. The number of nitrogens with one attached hydrogen (secondary N) is 1. The van der Waals surface area contributed by atoms with E-state index in [9.17, 15) is 9.18 Å². The average Bonchev–Trinajstić information content (AvgIpc) is 3.21. The maximum atomic E-state index is 13.5. The minimum absolute atomic E-state index is 0.157. The van der Waals surface area contributed by atoms with Gasteiger partial charge in [0.1, 0.15) is 11.4 Å². The van der Waals surface area contributed by atoms with E-state index >= 15 is 0 Å². The number of hydrogen-bond acceptors (Lipinski definition) is 6. The molecule has 1 aliphatic rings. The molecule has 0 aliphatic carbocycles. The van der Waals surface area contributed by atoms with Crippen LogP contribution in [0.3, 0.4) is 0 Å². The Balaban J connectivity index is 1.73. The second-order valence-electron chi connectivity index (χ2n) is 6.56. The number of nitrogens with zero attached hydrogens (tertiary/aromatic N) is 4. The van der Waals surface area contributed by atoms with Gasteiger partial charge in [0, 0.05) is 50.3 Å². The summed E-state index contributed by atoms with van der Waals surface area (Å²) in [5.74, 6) is 0.444. The monoisotopic (exact) mass is 355 g/mol. The molecule has 1 atom stereocenters. The lowest BCUT2D eigenvalue weighted by Crippen LogP contribution is -2.48. The van der Waals surface area contributed by atoms with Crippen molar-refractivity contribution in [2.75, 3.05) is 18.0 Å². The predicted octanol–water partition coefficient (Wildman–Crippen LogP) is 2.31. The predicted molar refractivity (Wildman–Crippen MR) is 93.1 cm³/mol. The summed E-state index contributed by atoms with van der Waals surface area (Å²) in [5.41, 5.74) is 0.802. The molecule has 4 rings (SSSR count). The molecule has 1 aliphatic heterocycles. The zero-order chi connectivity index (χ0) is 18.3. The maximum absolute atomic E-state index is 13.5. The van der Waals surface area contributed by atoms with Gasteiger partial charge in [-0.15, -0.1) is 0 Å².